The average Bonchev–Trinajstić information content (AvgIpc) is 2.94. The summed E-state index contributed by atoms with van der Waals surface area (Å²) in [7, 11) is 2.21. The topological polar surface area (TPSA) is 30.5 Å². The zero-order valence-electron chi connectivity index (χ0n) is 12.5. The summed E-state index contributed by atoms with van der Waals surface area (Å²) in [4.78, 5) is 4.96. The molecule has 2 aliphatic rings. The molecular formula is C16H26N4. The molecule has 1 aromatic rings. The lowest BCUT2D eigenvalue weighted by Gasteiger charge is -2.32. The lowest BCUT2D eigenvalue weighted by atomic mass is 10.1. The zero-order valence-corrected chi connectivity index (χ0v) is 12.5. The van der Waals surface area contributed by atoms with Gasteiger partial charge in [0.15, 0.2) is 0 Å². The van der Waals surface area contributed by atoms with E-state index < -0.39 is 0 Å². The Morgan fingerprint density at radius 1 is 1.20 bits per heavy atom. The number of piperazine rings is 1. The highest BCUT2D eigenvalue weighted by Gasteiger charge is 2.14. The summed E-state index contributed by atoms with van der Waals surface area (Å²) in [6.07, 6.45) is 1.17. The first-order chi connectivity index (χ1) is 9.83. The Morgan fingerprint density at radius 3 is 2.90 bits per heavy atom. The van der Waals surface area contributed by atoms with Gasteiger partial charge < -0.3 is 15.5 Å². The van der Waals surface area contributed by atoms with Crippen molar-refractivity contribution in [3.63, 3.8) is 0 Å². The summed E-state index contributed by atoms with van der Waals surface area (Å²) < 4.78 is 0. The van der Waals surface area contributed by atoms with E-state index in [0.29, 0.717) is 0 Å². The van der Waals surface area contributed by atoms with E-state index in [-0.39, 0.29) is 0 Å². The fraction of sp³-hybridized carbons (Fsp3) is 0.625. The third kappa shape index (κ3) is 3.32. The van der Waals surface area contributed by atoms with Crippen LogP contribution in [0.1, 0.15) is 11.1 Å². The number of para-hydroxylation sites is 1. The maximum absolute atomic E-state index is 3.59. The van der Waals surface area contributed by atoms with E-state index in [1.165, 1.54) is 49.4 Å². The maximum Gasteiger partial charge on any atom is 0.0419 e. The van der Waals surface area contributed by atoms with Gasteiger partial charge in [-0.25, -0.2) is 0 Å². The lowest BCUT2D eigenvalue weighted by Crippen LogP contribution is -2.46. The Bertz CT molecular complexity index is 438. The number of nitrogens with one attached hydrogen (secondary N) is 2. The van der Waals surface area contributed by atoms with Crippen molar-refractivity contribution in [3.05, 3.63) is 29.3 Å². The van der Waals surface area contributed by atoms with Crippen molar-refractivity contribution >= 4 is 5.69 Å². The van der Waals surface area contributed by atoms with Crippen LogP contribution in [0.5, 0.6) is 0 Å². The van der Waals surface area contributed by atoms with E-state index in [2.05, 4.69) is 45.7 Å². The minimum atomic E-state index is 0.976. The van der Waals surface area contributed by atoms with Crippen molar-refractivity contribution in [2.45, 2.75) is 13.0 Å². The van der Waals surface area contributed by atoms with Crippen LogP contribution in [0.25, 0.3) is 0 Å². The fourth-order valence-electron chi connectivity index (χ4n) is 3.09. The van der Waals surface area contributed by atoms with E-state index in [1.807, 2.05) is 0 Å². The minimum Gasteiger partial charge on any atom is -0.384 e. The van der Waals surface area contributed by atoms with Crippen molar-refractivity contribution in [1.29, 1.82) is 0 Å². The van der Waals surface area contributed by atoms with Gasteiger partial charge in [-0.05, 0) is 24.6 Å². The number of fused-ring (bicyclic) bond motifs is 1. The lowest BCUT2D eigenvalue weighted by molar-refractivity contribution is 0.154. The molecule has 110 valence electrons. The van der Waals surface area contributed by atoms with Crippen molar-refractivity contribution in [3.8, 4) is 0 Å². The van der Waals surface area contributed by atoms with E-state index in [0.717, 1.165) is 26.2 Å². The second-order valence-corrected chi connectivity index (χ2v) is 5.95. The molecule has 0 aromatic heterocycles. The van der Waals surface area contributed by atoms with E-state index >= 15 is 0 Å². The van der Waals surface area contributed by atoms with Crippen molar-refractivity contribution < 1.29 is 0 Å². The smallest absolute Gasteiger partial charge is 0.0419 e. The number of rotatable bonds is 5. The molecule has 2 heterocycles. The van der Waals surface area contributed by atoms with Gasteiger partial charge in [-0.2, -0.15) is 0 Å². The highest BCUT2D eigenvalue weighted by Crippen LogP contribution is 2.25. The predicted molar refractivity (Wildman–Crippen MR) is 84.3 cm³/mol. The first kappa shape index (κ1) is 13.9. The summed E-state index contributed by atoms with van der Waals surface area (Å²) in [6.45, 7) is 9.13. The van der Waals surface area contributed by atoms with Crippen LogP contribution >= 0.6 is 0 Å². The third-order valence-corrected chi connectivity index (χ3v) is 4.45. The predicted octanol–water partition coefficient (Wildman–Crippen LogP) is 0.992. The molecule has 2 aliphatic heterocycles. The van der Waals surface area contributed by atoms with Gasteiger partial charge in [0.05, 0.1) is 0 Å². The number of nitrogens with zero attached hydrogens (tertiary/aromatic N) is 2. The Morgan fingerprint density at radius 2 is 2.05 bits per heavy atom. The normalized spacial score (nSPS) is 19.9. The second kappa shape index (κ2) is 6.57. The van der Waals surface area contributed by atoms with Gasteiger partial charge in [0.2, 0.25) is 0 Å². The molecule has 0 radical (unpaired) electrons. The van der Waals surface area contributed by atoms with Gasteiger partial charge in [0.25, 0.3) is 0 Å². The molecule has 0 saturated carbocycles. The van der Waals surface area contributed by atoms with E-state index in [1.54, 1.807) is 0 Å². The summed E-state index contributed by atoms with van der Waals surface area (Å²) in [5.74, 6) is 0. The van der Waals surface area contributed by atoms with Crippen LogP contribution in [0.2, 0.25) is 0 Å². The van der Waals surface area contributed by atoms with Crippen LogP contribution in [-0.4, -0.2) is 62.7 Å². The molecule has 0 bridgehead atoms. The first-order valence-corrected chi connectivity index (χ1v) is 7.79. The molecule has 0 amide bonds. The summed E-state index contributed by atoms with van der Waals surface area (Å²) in [5.41, 5.74) is 4.27. The molecule has 1 aromatic carbocycles. The average molecular weight is 274 g/mol. The quantitative estimate of drug-likeness (QED) is 0.784. The number of anilines is 1. The summed E-state index contributed by atoms with van der Waals surface area (Å²) in [5, 5.41) is 7.10. The number of benzene rings is 1. The van der Waals surface area contributed by atoms with Crippen molar-refractivity contribution in [2.75, 3.05) is 58.2 Å². The number of hydrogen-bond donors (Lipinski definition) is 2. The Kier molecular flexibility index (Phi) is 4.55. The third-order valence-electron chi connectivity index (χ3n) is 4.45. The molecule has 0 aliphatic carbocycles. The van der Waals surface area contributed by atoms with Gasteiger partial charge >= 0.3 is 0 Å². The monoisotopic (exact) mass is 274 g/mol. The van der Waals surface area contributed by atoms with E-state index in [9.17, 15) is 0 Å². The first-order valence-electron chi connectivity index (χ1n) is 7.79. The zero-order chi connectivity index (χ0) is 13.8. The molecule has 1 fully saturated rings. The molecule has 4 heteroatoms. The minimum absolute atomic E-state index is 0.976. The molecule has 1 saturated heterocycles. The van der Waals surface area contributed by atoms with Crippen LogP contribution in [0.3, 0.4) is 0 Å². The Hall–Kier alpha value is -1.10. The van der Waals surface area contributed by atoms with Gasteiger partial charge in [-0.3, -0.25) is 4.90 Å². The molecule has 4 nitrogen and oxygen atoms in total. The van der Waals surface area contributed by atoms with Crippen LogP contribution in [0.4, 0.5) is 5.69 Å². The molecule has 3 rings (SSSR count). The highest BCUT2D eigenvalue weighted by molar-refractivity contribution is 5.61. The molecule has 2 N–H and O–H groups in total. The largest absolute Gasteiger partial charge is 0.384 e. The van der Waals surface area contributed by atoms with Crippen molar-refractivity contribution in [1.82, 2.24) is 15.1 Å². The van der Waals surface area contributed by atoms with Crippen molar-refractivity contribution in [2.24, 2.45) is 0 Å². The highest BCUT2D eigenvalue weighted by atomic mass is 15.2. The Balaban J connectivity index is 1.41. The van der Waals surface area contributed by atoms with Crippen LogP contribution < -0.4 is 10.6 Å². The molecular weight excluding hydrogens is 248 g/mol. The maximum atomic E-state index is 3.59. The molecule has 0 spiro atoms. The van der Waals surface area contributed by atoms with Gasteiger partial charge in [-0.15, -0.1) is 0 Å². The van der Waals surface area contributed by atoms with E-state index in [4.69, 9.17) is 0 Å². The standard InChI is InChI=1S/C16H26N4/c1-19-9-11-20(12-10-19)8-7-17-13-15-4-2-3-14-5-6-18-16(14)15/h2-4,17-18H,5-13H2,1H3. The summed E-state index contributed by atoms with van der Waals surface area (Å²) >= 11 is 0. The molecule has 0 atom stereocenters. The van der Waals surface area contributed by atoms with Crippen LogP contribution in [0.15, 0.2) is 18.2 Å². The number of likely N-dealkylation sites (N-methyl/N-ethyl adjacent to an activating group) is 1. The number of hydrogen-bond acceptors (Lipinski definition) is 4. The SMILES string of the molecule is CN1CCN(CCNCc2cccc3c2NCC3)CC1. The second-order valence-electron chi connectivity index (χ2n) is 5.95. The van der Waals surface area contributed by atoms with Gasteiger partial charge in [0, 0.05) is 58.0 Å². The Labute approximate surface area is 122 Å². The van der Waals surface area contributed by atoms with Crippen LogP contribution in [-0.2, 0) is 13.0 Å². The fourth-order valence-corrected chi connectivity index (χ4v) is 3.09. The molecule has 0 unspecified atom stereocenters. The van der Waals surface area contributed by atoms with Crippen LogP contribution in [0, 0.1) is 0 Å². The van der Waals surface area contributed by atoms with Gasteiger partial charge in [0.1, 0.15) is 0 Å². The van der Waals surface area contributed by atoms with Gasteiger partial charge in [-0.1, -0.05) is 18.2 Å². The summed E-state index contributed by atoms with van der Waals surface area (Å²) in [6, 6.07) is 6.66. The molecule has 20 heavy (non-hydrogen) atoms.